The van der Waals surface area contributed by atoms with E-state index in [2.05, 4.69) is 63.7 Å². The number of fused-ring (bicyclic) bond motifs is 1. The fourth-order valence-electron chi connectivity index (χ4n) is 4.68. The minimum Gasteiger partial charge on any atom is -0.497 e. The van der Waals surface area contributed by atoms with E-state index in [0.29, 0.717) is 13.1 Å². The lowest BCUT2D eigenvalue weighted by atomic mass is 9.90. The molecule has 3 unspecified atom stereocenters. The highest BCUT2D eigenvalue weighted by Crippen LogP contribution is 2.32. The Labute approximate surface area is 193 Å². The second-order valence-electron chi connectivity index (χ2n) is 8.38. The Kier molecular flexibility index (Phi) is 6.11. The van der Waals surface area contributed by atoms with Crippen LogP contribution in [0.1, 0.15) is 28.7 Å². The molecule has 1 aliphatic rings. The predicted molar refractivity (Wildman–Crippen MR) is 130 cm³/mol. The Balaban J connectivity index is 1.40. The summed E-state index contributed by atoms with van der Waals surface area (Å²) in [6.45, 7) is 1.09. The lowest BCUT2D eigenvalue weighted by molar-refractivity contribution is -0.124. The molecule has 0 spiro atoms. The van der Waals surface area contributed by atoms with E-state index in [1.165, 1.54) is 10.9 Å². The average molecular weight is 441 g/mol. The summed E-state index contributed by atoms with van der Waals surface area (Å²) in [4.78, 5) is 16.7. The number of carbonyl (C=O) groups excluding carboxylic acids is 1. The molecule has 4 N–H and O–H groups in total. The molecular formula is C27H28N4O2. The molecule has 33 heavy (non-hydrogen) atoms. The van der Waals surface area contributed by atoms with Gasteiger partial charge in [-0.1, -0.05) is 60.7 Å². The quantitative estimate of drug-likeness (QED) is 0.352. The summed E-state index contributed by atoms with van der Waals surface area (Å²) < 4.78 is 5.34. The zero-order valence-electron chi connectivity index (χ0n) is 18.5. The summed E-state index contributed by atoms with van der Waals surface area (Å²) in [6.07, 6.45) is 2.05. The molecule has 1 aliphatic heterocycles. The Hall–Kier alpha value is -3.61. The van der Waals surface area contributed by atoms with E-state index in [9.17, 15) is 4.79 Å². The maximum absolute atomic E-state index is 13.3. The first kappa shape index (κ1) is 21.2. The molecule has 0 radical (unpaired) electrons. The number of amides is 1. The van der Waals surface area contributed by atoms with Crippen LogP contribution in [0.25, 0.3) is 10.9 Å². The summed E-state index contributed by atoms with van der Waals surface area (Å²) in [6, 6.07) is 26.4. The topological polar surface area (TPSA) is 78.2 Å². The van der Waals surface area contributed by atoms with E-state index in [1.807, 2.05) is 42.5 Å². The van der Waals surface area contributed by atoms with Crippen molar-refractivity contribution in [3.8, 4) is 5.75 Å². The lowest BCUT2D eigenvalue weighted by Crippen LogP contribution is -2.37. The number of hydrogen-bond donors (Lipinski definition) is 4. The number of para-hydroxylation sites is 1. The third-order valence-corrected chi connectivity index (χ3v) is 6.47. The van der Waals surface area contributed by atoms with Crippen LogP contribution in [0.2, 0.25) is 0 Å². The van der Waals surface area contributed by atoms with Crippen molar-refractivity contribution in [2.45, 2.75) is 12.0 Å². The second kappa shape index (κ2) is 9.48. The molecule has 4 aromatic rings. The van der Waals surface area contributed by atoms with E-state index in [1.54, 1.807) is 7.11 Å². The number of rotatable bonds is 7. The molecule has 5 rings (SSSR count). The van der Waals surface area contributed by atoms with Crippen LogP contribution >= 0.6 is 0 Å². The molecule has 6 heteroatoms. The molecule has 3 aromatic carbocycles. The summed E-state index contributed by atoms with van der Waals surface area (Å²) in [5.74, 6) is 0.675. The van der Waals surface area contributed by atoms with E-state index in [4.69, 9.17) is 4.74 Å². The number of hydrazine groups is 1. The number of H-pyrrole nitrogens is 1. The van der Waals surface area contributed by atoms with Gasteiger partial charge in [-0.2, -0.15) is 0 Å². The SMILES string of the molecule is COc1ccc(C(CNC(=O)C2CNNC2c2ccccc2)c2c[nH]c3ccccc23)cc1. The summed E-state index contributed by atoms with van der Waals surface area (Å²) in [7, 11) is 1.67. The first-order valence-corrected chi connectivity index (χ1v) is 11.3. The van der Waals surface area contributed by atoms with Gasteiger partial charge in [0.25, 0.3) is 0 Å². The number of ether oxygens (including phenoxy) is 1. The van der Waals surface area contributed by atoms with Crippen molar-refractivity contribution in [2.75, 3.05) is 20.2 Å². The maximum Gasteiger partial charge on any atom is 0.226 e. The first-order chi connectivity index (χ1) is 16.2. The number of nitrogens with one attached hydrogen (secondary N) is 4. The molecule has 0 bridgehead atoms. The molecule has 6 nitrogen and oxygen atoms in total. The summed E-state index contributed by atoms with van der Waals surface area (Å²) in [5, 5.41) is 4.41. The number of benzene rings is 3. The fraction of sp³-hybridized carbons (Fsp3) is 0.222. The van der Waals surface area contributed by atoms with Gasteiger partial charge in [-0.25, -0.2) is 5.43 Å². The third kappa shape index (κ3) is 4.35. The molecule has 1 amide bonds. The highest BCUT2D eigenvalue weighted by atomic mass is 16.5. The smallest absolute Gasteiger partial charge is 0.226 e. The standard InChI is InChI=1S/C27H28N4O2/c1-33-20-13-11-18(12-14-20)22(23-16-28-25-10-6-5-9-21(23)25)15-29-27(32)24-17-30-31-26(24)19-7-3-2-4-8-19/h2-14,16,22,24,26,28,30-31H,15,17H2,1H3,(H,29,32). The lowest BCUT2D eigenvalue weighted by Gasteiger charge is -2.22. The van der Waals surface area contributed by atoms with Gasteiger partial charge in [0.2, 0.25) is 5.91 Å². The van der Waals surface area contributed by atoms with E-state index in [0.717, 1.165) is 22.4 Å². The first-order valence-electron chi connectivity index (χ1n) is 11.3. The number of aromatic amines is 1. The monoisotopic (exact) mass is 440 g/mol. The van der Waals surface area contributed by atoms with Gasteiger partial charge in [-0.3, -0.25) is 10.2 Å². The highest BCUT2D eigenvalue weighted by Gasteiger charge is 2.34. The average Bonchev–Trinajstić information content (AvgIpc) is 3.53. The van der Waals surface area contributed by atoms with Crippen LogP contribution in [0.4, 0.5) is 0 Å². The normalized spacial score (nSPS) is 18.8. The van der Waals surface area contributed by atoms with Gasteiger partial charge in [0.1, 0.15) is 5.75 Å². The molecule has 1 fully saturated rings. The van der Waals surface area contributed by atoms with Crippen molar-refractivity contribution >= 4 is 16.8 Å². The molecule has 0 aliphatic carbocycles. The van der Waals surface area contributed by atoms with Crippen LogP contribution in [0.5, 0.6) is 5.75 Å². The van der Waals surface area contributed by atoms with Crippen molar-refractivity contribution in [1.29, 1.82) is 0 Å². The van der Waals surface area contributed by atoms with Crippen LogP contribution in [0.15, 0.2) is 85.1 Å². The zero-order valence-corrected chi connectivity index (χ0v) is 18.5. The largest absolute Gasteiger partial charge is 0.497 e. The molecule has 1 saturated heterocycles. The number of carbonyl (C=O) groups is 1. The van der Waals surface area contributed by atoms with E-state index in [-0.39, 0.29) is 23.8 Å². The molecule has 3 atom stereocenters. The van der Waals surface area contributed by atoms with E-state index >= 15 is 0 Å². The van der Waals surface area contributed by atoms with Crippen molar-refractivity contribution in [3.05, 3.63) is 102 Å². The Morgan fingerprint density at radius 2 is 1.79 bits per heavy atom. The van der Waals surface area contributed by atoms with Crippen molar-refractivity contribution in [2.24, 2.45) is 5.92 Å². The minimum absolute atomic E-state index is 0.00787. The van der Waals surface area contributed by atoms with Crippen molar-refractivity contribution in [1.82, 2.24) is 21.2 Å². The maximum atomic E-state index is 13.3. The number of methoxy groups -OCH3 is 1. The molecule has 168 valence electrons. The van der Waals surface area contributed by atoms with Crippen molar-refractivity contribution in [3.63, 3.8) is 0 Å². The molecule has 1 aromatic heterocycles. The van der Waals surface area contributed by atoms with Gasteiger partial charge in [0.05, 0.1) is 19.1 Å². The highest BCUT2D eigenvalue weighted by molar-refractivity contribution is 5.85. The van der Waals surface area contributed by atoms with Crippen LogP contribution in [0, 0.1) is 5.92 Å². The Bertz CT molecular complexity index is 1220. The number of aromatic nitrogens is 1. The molecule has 0 saturated carbocycles. The zero-order chi connectivity index (χ0) is 22.6. The van der Waals surface area contributed by atoms with Crippen LogP contribution in [-0.4, -0.2) is 31.1 Å². The fourth-order valence-corrected chi connectivity index (χ4v) is 4.68. The van der Waals surface area contributed by atoms with Crippen LogP contribution < -0.4 is 20.9 Å². The number of hydrogen-bond acceptors (Lipinski definition) is 4. The Morgan fingerprint density at radius 1 is 1.03 bits per heavy atom. The predicted octanol–water partition coefficient (Wildman–Crippen LogP) is 3.89. The van der Waals surface area contributed by atoms with Crippen LogP contribution in [-0.2, 0) is 4.79 Å². The Morgan fingerprint density at radius 3 is 2.58 bits per heavy atom. The van der Waals surface area contributed by atoms with Gasteiger partial charge in [-0.15, -0.1) is 0 Å². The van der Waals surface area contributed by atoms with Gasteiger partial charge in [-0.05, 0) is 34.9 Å². The van der Waals surface area contributed by atoms with E-state index < -0.39 is 0 Å². The van der Waals surface area contributed by atoms with Crippen molar-refractivity contribution < 1.29 is 9.53 Å². The molecular weight excluding hydrogens is 412 g/mol. The van der Waals surface area contributed by atoms with Gasteiger partial charge >= 0.3 is 0 Å². The summed E-state index contributed by atoms with van der Waals surface area (Å²) in [5.41, 5.74) is 10.9. The second-order valence-corrected chi connectivity index (χ2v) is 8.38. The van der Waals surface area contributed by atoms with Gasteiger partial charge < -0.3 is 15.0 Å². The van der Waals surface area contributed by atoms with Gasteiger partial charge in [0, 0.05) is 36.1 Å². The molecule has 2 heterocycles. The summed E-state index contributed by atoms with van der Waals surface area (Å²) >= 11 is 0. The van der Waals surface area contributed by atoms with Crippen LogP contribution in [0.3, 0.4) is 0 Å². The van der Waals surface area contributed by atoms with Gasteiger partial charge in [0.15, 0.2) is 0 Å². The third-order valence-electron chi connectivity index (χ3n) is 6.47. The minimum atomic E-state index is -0.188.